The van der Waals surface area contributed by atoms with Crippen LogP contribution in [0.2, 0.25) is 0 Å². The summed E-state index contributed by atoms with van der Waals surface area (Å²) in [5, 5.41) is 8.97. The summed E-state index contributed by atoms with van der Waals surface area (Å²) in [6.45, 7) is 0. The molecule has 1 aliphatic carbocycles. The van der Waals surface area contributed by atoms with E-state index in [-0.39, 0.29) is 6.10 Å². The Hall–Kier alpha value is -0.0800. The normalized spacial score (nSPS) is 39.8. The van der Waals surface area contributed by atoms with Crippen LogP contribution in [0.15, 0.2) is 0 Å². The molecule has 8 heavy (non-hydrogen) atoms. The van der Waals surface area contributed by atoms with E-state index in [4.69, 9.17) is 10.8 Å². The molecule has 0 aromatic rings. The predicted molar refractivity (Wildman–Crippen MR) is 32.5 cm³/mol. The molecule has 0 heterocycles. The van der Waals surface area contributed by atoms with Crippen molar-refractivity contribution in [2.24, 2.45) is 5.73 Å². The molecule has 1 saturated carbocycles. The number of aliphatic hydroxyl groups excluding tert-OH is 1. The summed E-state index contributed by atoms with van der Waals surface area (Å²) in [6, 6.07) is 0.360. The molecule has 48 valence electrons. The zero-order valence-corrected chi connectivity index (χ0v) is 5.01. The van der Waals surface area contributed by atoms with Crippen molar-refractivity contribution in [1.29, 1.82) is 0 Å². The highest BCUT2D eigenvalue weighted by Crippen LogP contribution is 2.15. The topological polar surface area (TPSA) is 46.2 Å². The SMILES string of the molecule is N[14CH]1[14CH2][14CH2][14CH](O)[14CH2][14CH2]1. The maximum absolute atomic E-state index is 8.97. The first-order chi connectivity index (χ1) is 3.79. The summed E-state index contributed by atoms with van der Waals surface area (Å²) in [4.78, 5) is 0. The van der Waals surface area contributed by atoms with Gasteiger partial charge in [-0.25, -0.2) is 0 Å². The molecule has 2 nitrogen and oxygen atoms in total. The van der Waals surface area contributed by atoms with E-state index in [2.05, 4.69) is 0 Å². The maximum Gasteiger partial charge on any atom is 0.0541 e. The molecule has 0 spiro atoms. The van der Waals surface area contributed by atoms with Gasteiger partial charge in [0.1, 0.15) is 0 Å². The van der Waals surface area contributed by atoms with Crippen LogP contribution in [-0.2, 0) is 0 Å². The Labute approximate surface area is 49.7 Å². The molecule has 0 atom stereocenters. The smallest absolute Gasteiger partial charge is 0.0541 e. The molecule has 0 saturated heterocycles. The van der Waals surface area contributed by atoms with Crippen LogP contribution in [0.25, 0.3) is 0 Å². The second kappa shape index (κ2) is 2.46. The van der Waals surface area contributed by atoms with Crippen molar-refractivity contribution < 1.29 is 5.11 Å². The van der Waals surface area contributed by atoms with Crippen LogP contribution >= 0.6 is 0 Å². The number of aliphatic hydroxyl groups is 1. The highest BCUT2D eigenvalue weighted by Gasteiger charge is 2.14. The van der Waals surface area contributed by atoms with E-state index < -0.39 is 0 Å². The maximum atomic E-state index is 8.97. The molecule has 1 fully saturated rings. The van der Waals surface area contributed by atoms with E-state index in [1.165, 1.54) is 0 Å². The first-order valence-corrected chi connectivity index (χ1v) is 3.22. The summed E-state index contributed by atoms with van der Waals surface area (Å²) >= 11 is 0. The van der Waals surface area contributed by atoms with Gasteiger partial charge in [-0.2, -0.15) is 0 Å². The van der Waals surface area contributed by atoms with E-state index in [1.54, 1.807) is 0 Å². The van der Waals surface area contributed by atoms with Crippen LogP contribution in [-0.4, -0.2) is 17.3 Å². The number of hydrogen-bond donors (Lipinski definition) is 2. The largest absolute Gasteiger partial charge is 0.393 e. The number of rotatable bonds is 0. The zero-order valence-electron chi connectivity index (χ0n) is 5.01. The van der Waals surface area contributed by atoms with Crippen molar-refractivity contribution >= 4 is 0 Å². The quantitative estimate of drug-likeness (QED) is 0.490. The predicted octanol–water partition coefficient (Wildman–Crippen LogP) is 0.249. The van der Waals surface area contributed by atoms with Crippen LogP contribution in [0.5, 0.6) is 0 Å². The minimum atomic E-state index is -0.0604. The Morgan fingerprint density at radius 1 is 1.12 bits per heavy atom. The second-order valence-electron chi connectivity index (χ2n) is 2.57. The van der Waals surface area contributed by atoms with E-state index in [0.29, 0.717) is 6.04 Å². The van der Waals surface area contributed by atoms with Gasteiger partial charge in [-0.05, 0) is 25.7 Å². The zero-order chi connectivity index (χ0) is 5.98. The lowest BCUT2D eigenvalue weighted by Crippen LogP contribution is -2.28. The van der Waals surface area contributed by atoms with Gasteiger partial charge in [0, 0.05) is 6.04 Å². The lowest BCUT2D eigenvalue weighted by Gasteiger charge is -2.21. The van der Waals surface area contributed by atoms with Crippen LogP contribution < -0.4 is 5.73 Å². The van der Waals surface area contributed by atoms with Gasteiger partial charge in [-0.3, -0.25) is 0 Å². The molecule has 0 unspecified atom stereocenters. The summed E-state index contributed by atoms with van der Waals surface area (Å²) < 4.78 is 0. The molecule has 0 radical (unpaired) electrons. The molecular weight excluding hydrogens is 114 g/mol. The Morgan fingerprint density at radius 2 is 1.62 bits per heavy atom. The van der Waals surface area contributed by atoms with Gasteiger partial charge in [0.25, 0.3) is 0 Å². The fourth-order valence-corrected chi connectivity index (χ4v) is 1.10. The number of hydrogen-bond acceptors (Lipinski definition) is 2. The molecule has 0 amide bonds. The molecule has 0 aliphatic heterocycles. The van der Waals surface area contributed by atoms with Crippen molar-refractivity contribution in [2.75, 3.05) is 0 Å². The van der Waals surface area contributed by atoms with Gasteiger partial charge in [0.05, 0.1) is 6.10 Å². The van der Waals surface area contributed by atoms with Crippen molar-refractivity contribution in [1.82, 2.24) is 0 Å². The van der Waals surface area contributed by atoms with Gasteiger partial charge >= 0.3 is 0 Å². The lowest BCUT2D eigenvalue weighted by atomic mass is 11.9. The monoisotopic (exact) mass is 127 g/mol. The van der Waals surface area contributed by atoms with Gasteiger partial charge < -0.3 is 10.8 Å². The lowest BCUT2D eigenvalue weighted by molar-refractivity contribution is 0.123. The van der Waals surface area contributed by atoms with Gasteiger partial charge in [-0.15, -0.1) is 0 Å². The molecule has 1 rings (SSSR count). The minimum absolute atomic E-state index is 0.0604. The molecule has 0 bridgehead atoms. The summed E-state index contributed by atoms with van der Waals surface area (Å²) in [5.41, 5.74) is 5.59. The van der Waals surface area contributed by atoms with Crippen LogP contribution in [0.1, 0.15) is 25.7 Å². The van der Waals surface area contributed by atoms with Crippen molar-refractivity contribution in [3.8, 4) is 0 Å². The molecule has 0 aromatic carbocycles. The number of nitrogens with two attached hydrogens (primary N) is 1. The molecule has 0 aromatic heterocycles. The van der Waals surface area contributed by atoms with Gasteiger partial charge in [-0.1, -0.05) is 0 Å². The van der Waals surface area contributed by atoms with E-state index in [1.807, 2.05) is 0 Å². The van der Waals surface area contributed by atoms with E-state index >= 15 is 0 Å². The fourth-order valence-electron chi connectivity index (χ4n) is 1.10. The highest BCUT2D eigenvalue weighted by molar-refractivity contribution is 4.72. The Kier molecular flexibility index (Phi) is 1.86. The van der Waals surface area contributed by atoms with Crippen LogP contribution in [0.4, 0.5) is 0 Å². The first kappa shape index (κ1) is 6.05. The molecule has 3 N–H and O–H groups in total. The van der Waals surface area contributed by atoms with Gasteiger partial charge in [0.2, 0.25) is 0 Å². The molecular formula is C6H13NO. The van der Waals surface area contributed by atoms with Crippen molar-refractivity contribution in [3.05, 3.63) is 0 Å². The van der Waals surface area contributed by atoms with Crippen LogP contribution in [0.3, 0.4) is 0 Å². The van der Waals surface area contributed by atoms with Crippen molar-refractivity contribution in [3.63, 3.8) is 0 Å². The third-order valence-electron chi connectivity index (χ3n) is 1.74. The Morgan fingerprint density at radius 3 is 2.00 bits per heavy atom. The third-order valence-corrected chi connectivity index (χ3v) is 1.74. The molecule has 1 aliphatic rings. The Balaban J connectivity index is 2.19. The van der Waals surface area contributed by atoms with E-state index in [9.17, 15) is 0 Å². The fraction of sp³-hybridized carbons (Fsp3) is 1.00. The Bertz CT molecular complexity index is 56.9. The average Bonchev–Trinajstić information content (AvgIpc) is 1.77. The molecule has 2 heteroatoms. The first-order valence-electron chi connectivity index (χ1n) is 3.22. The van der Waals surface area contributed by atoms with Crippen molar-refractivity contribution in [2.45, 2.75) is 37.8 Å². The standard InChI is InChI=1S/C6H13NO/c7-5-1-3-6(8)4-2-5/h5-6,8H,1-4,7H2/i1+2,2+2,3+2,4+2,5+2,6+2. The highest BCUT2D eigenvalue weighted by atomic mass is 16.6. The van der Waals surface area contributed by atoms with Gasteiger partial charge in [0.15, 0.2) is 0 Å². The summed E-state index contributed by atoms with van der Waals surface area (Å²) in [5.74, 6) is 0. The summed E-state index contributed by atoms with van der Waals surface area (Å²) in [7, 11) is 0. The van der Waals surface area contributed by atoms with Crippen LogP contribution in [0, 0.1) is 0 Å². The average molecular weight is 127 g/mol. The minimum Gasteiger partial charge on any atom is -0.393 e. The second-order valence-corrected chi connectivity index (χ2v) is 2.57. The third kappa shape index (κ3) is 1.46. The summed E-state index contributed by atoms with van der Waals surface area (Å²) in [6.07, 6.45) is 3.75. The van der Waals surface area contributed by atoms with E-state index in [0.717, 1.165) is 25.7 Å².